The molecule has 0 amide bonds. The largest absolute Gasteiger partial charge is 0.341 e. The molecule has 4 aromatic rings. The Bertz CT molecular complexity index is 1610. The number of rotatable bonds is 4. The van der Waals surface area contributed by atoms with Gasteiger partial charge in [0, 0.05) is 26.2 Å². The number of imidazole rings is 1. The summed E-state index contributed by atoms with van der Waals surface area (Å²) in [6, 6.07) is 12.2. The Hall–Kier alpha value is -3.83. The van der Waals surface area contributed by atoms with Gasteiger partial charge in [-0.05, 0) is 48.6 Å². The van der Waals surface area contributed by atoms with Crippen LogP contribution in [0.4, 0.5) is 5.95 Å². The van der Waals surface area contributed by atoms with Crippen LogP contribution in [-0.2, 0) is 20.1 Å². The van der Waals surface area contributed by atoms with E-state index < -0.39 is 0 Å². The summed E-state index contributed by atoms with van der Waals surface area (Å²) >= 11 is 0. The Morgan fingerprint density at radius 2 is 1.94 bits per heavy atom. The molecule has 0 aliphatic carbocycles. The first-order chi connectivity index (χ1) is 16.9. The highest BCUT2D eigenvalue weighted by Crippen LogP contribution is 2.25. The number of aryl methyl sites for hydroxylation is 2. The molecule has 1 fully saturated rings. The first-order valence-electron chi connectivity index (χ1n) is 12.0. The minimum Gasteiger partial charge on any atom is -0.341 e. The Labute approximate surface area is 203 Å². The third kappa shape index (κ3) is 3.92. The highest BCUT2D eigenvalue weighted by atomic mass is 16.2. The minimum absolute atomic E-state index is 0.0454. The van der Waals surface area contributed by atoms with Gasteiger partial charge in [-0.15, -0.1) is 5.92 Å². The molecule has 2 N–H and O–H groups in total. The number of nitrogens with zero attached hydrogens (tertiary/aromatic N) is 5. The van der Waals surface area contributed by atoms with E-state index in [9.17, 15) is 9.59 Å². The van der Waals surface area contributed by atoms with E-state index in [4.69, 9.17) is 10.7 Å². The van der Waals surface area contributed by atoms with E-state index in [0.717, 1.165) is 41.3 Å². The smallest absolute Gasteiger partial charge is 0.332 e. The third-order valence-electron chi connectivity index (χ3n) is 6.96. The zero-order chi connectivity index (χ0) is 24.7. The quantitative estimate of drug-likeness (QED) is 0.463. The van der Waals surface area contributed by atoms with Crippen molar-refractivity contribution in [3.8, 4) is 11.8 Å². The van der Waals surface area contributed by atoms with Crippen LogP contribution in [0.15, 0.2) is 46.0 Å². The van der Waals surface area contributed by atoms with Gasteiger partial charge in [-0.25, -0.2) is 4.79 Å². The van der Waals surface area contributed by atoms with Crippen LogP contribution in [0.2, 0.25) is 0 Å². The summed E-state index contributed by atoms with van der Waals surface area (Å²) < 4.78 is 4.64. The van der Waals surface area contributed by atoms with Crippen molar-refractivity contribution in [2.75, 3.05) is 18.0 Å². The summed E-state index contributed by atoms with van der Waals surface area (Å²) in [5.41, 5.74) is 8.25. The molecule has 2 aromatic carbocycles. The van der Waals surface area contributed by atoms with Crippen LogP contribution in [0.1, 0.15) is 30.9 Å². The lowest BCUT2D eigenvalue weighted by Gasteiger charge is -2.31. The molecule has 180 valence electrons. The van der Waals surface area contributed by atoms with E-state index in [0.29, 0.717) is 30.2 Å². The molecule has 0 radical (unpaired) electrons. The van der Waals surface area contributed by atoms with Crippen LogP contribution in [0.5, 0.6) is 0 Å². The van der Waals surface area contributed by atoms with E-state index in [1.807, 2.05) is 41.8 Å². The Morgan fingerprint density at radius 1 is 1.14 bits per heavy atom. The standard InChI is InChI=1S/C27H30N6O2/c1-4-5-15-32-23-24(29-26(32)31-14-8-10-20(28)16-31)30(3)27(35)33(25(23)34)17-22-18(2)12-13-19-9-6-7-11-21(19)22/h6-7,9,11-13,20H,8,10,14-17,28H2,1-3H3. The van der Waals surface area contributed by atoms with E-state index in [-0.39, 0.29) is 23.8 Å². The van der Waals surface area contributed by atoms with Gasteiger partial charge < -0.3 is 10.6 Å². The number of fused-ring (bicyclic) bond motifs is 2. The molecule has 1 saturated heterocycles. The second-order valence-corrected chi connectivity index (χ2v) is 9.26. The van der Waals surface area contributed by atoms with Gasteiger partial charge in [0.25, 0.3) is 5.56 Å². The van der Waals surface area contributed by atoms with Gasteiger partial charge in [0.15, 0.2) is 11.2 Å². The number of piperidine rings is 1. The van der Waals surface area contributed by atoms with Crippen LogP contribution in [0, 0.1) is 18.8 Å². The van der Waals surface area contributed by atoms with Crippen LogP contribution in [0.25, 0.3) is 21.9 Å². The van der Waals surface area contributed by atoms with Crippen LogP contribution >= 0.6 is 0 Å². The van der Waals surface area contributed by atoms with E-state index >= 15 is 0 Å². The van der Waals surface area contributed by atoms with Gasteiger partial charge in [-0.3, -0.25) is 18.5 Å². The topological polar surface area (TPSA) is 91.1 Å². The molecule has 2 aromatic heterocycles. The van der Waals surface area contributed by atoms with Crippen molar-refractivity contribution in [3.05, 3.63) is 68.4 Å². The summed E-state index contributed by atoms with van der Waals surface area (Å²) in [5.74, 6) is 6.64. The zero-order valence-electron chi connectivity index (χ0n) is 20.4. The Morgan fingerprint density at radius 3 is 2.71 bits per heavy atom. The number of anilines is 1. The summed E-state index contributed by atoms with van der Waals surface area (Å²) in [4.78, 5) is 34.2. The van der Waals surface area contributed by atoms with Crippen LogP contribution < -0.4 is 21.9 Å². The third-order valence-corrected chi connectivity index (χ3v) is 6.96. The SMILES string of the molecule is CC#CCn1c(N2CCCC(N)C2)nc2c1c(=O)n(Cc1c(C)ccc3ccccc13)c(=O)n2C. The van der Waals surface area contributed by atoms with Gasteiger partial charge in [0.1, 0.15) is 0 Å². The maximum atomic E-state index is 13.9. The monoisotopic (exact) mass is 470 g/mol. The first kappa shape index (κ1) is 22.9. The second kappa shape index (κ2) is 9.08. The Kier molecular flexibility index (Phi) is 5.95. The van der Waals surface area contributed by atoms with Gasteiger partial charge in [-0.2, -0.15) is 4.98 Å². The highest BCUT2D eigenvalue weighted by Gasteiger charge is 2.26. The van der Waals surface area contributed by atoms with Crippen molar-refractivity contribution < 1.29 is 0 Å². The lowest BCUT2D eigenvalue weighted by atomic mass is 9.99. The molecule has 1 atom stereocenters. The van der Waals surface area contributed by atoms with Crippen molar-refractivity contribution >= 4 is 27.9 Å². The van der Waals surface area contributed by atoms with Crippen molar-refractivity contribution in [1.29, 1.82) is 0 Å². The summed E-state index contributed by atoms with van der Waals surface area (Å²) in [6.45, 7) is 5.73. The highest BCUT2D eigenvalue weighted by molar-refractivity contribution is 5.86. The second-order valence-electron chi connectivity index (χ2n) is 9.26. The first-order valence-corrected chi connectivity index (χ1v) is 12.0. The van der Waals surface area contributed by atoms with Gasteiger partial charge >= 0.3 is 5.69 Å². The fraction of sp³-hybridized carbons (Fsp3) is 0.370. The Balaban J connectivity index is 1.74. The van der Waals surface area contributed by atoms with Gasteiger partial charge in [0.05, 0.1) is 13.1 Å². The average Bonchev–Trinajstić information content (AvgIpc) is 3.25. The molecular formula is C27H30N6O2. The molecule has 0 spiro atoms. The average molecular weight is 471 g/mol. The fourth-order valence-corrected chi connectivity index (χ4v) is 5.05. The van der Waals surface area contributed by atoms with E-state index in [2.05, 4.69) is 22.8 Å². The van der Waals surface area contributed by atoms with Gasteiger partial charge in [0.2, 0.25) is 5.95 Å². The summed E-state index contributed by atoms with van der Waals surface area (Å²) in [7, 11) is 1.67. The number of benzene rings is 2. The molecule has 5 rings (SSSR count). The predicted octanol–water partition coefficient (Wildman–Crippen LogP) is 2.36. The van der Waals surface area contributed by atoms with Crippen molar-refractivity contribution in [3.63, 3.8) is 0 Å². The lowest BCUT2D eigenvalue weighted by molar-refractivity contribution is 0.496. The van der Waals surface area contributed by atoms with E-state index in [1.165, 1.54) is 9.13 Å². The van der Waals surface area contributed by atoms with Crippen LogP contribution in [-0.4, -0.2) is 37.8 Å². The van der Waals surface area contributed by atoms with E-state index in [1.54, 1.807) is 14.0 Å². The summed E-state index contributed by atoms with van der Waals surface area (Å²) in [5, 5.41) is 2.11. The fourth-order valence-electron chi connectivity index (χ4n) is 5.05. The van der Waals surface area contributed by atoms with Crippen molar-refractivity contribution in [1.82, 2.24) is 18.7 Å². The zero-order valence-corrected chi connectivity index (χ0v) is 20.4. The number of hydrogen-bond donors (Lipinski definition) is 1. The normalized spacial score (nSPS) is 16.0. The lowest BCUT2D eigenvalue weighted by Crippen LogP contribution is -2.44. The number of nitrogens with two attached hydrogens (primary N) is 1. The van der Waals surface area contributed by atoms with Gasteiger partial charge in [-0.1, -0.05) is 42.3 Å². The van der Waals surface area contributed by atoms with Crippen molar-refractivity contribution in [2.45, 2.75) is 45.8 Å². The summed E-state index contributed by atoms with van der Waals surface area (Å²) in [6.07, 6.45) is 1.91. The molecule has 3 heterocycles. The molecule has 8 nitrogen and oxygen atoms in total. The van der Waals surface area contributed by atoms with Crippen LogP contribution in [0.3, 0.4) is 0 Å². The number of hydrogen-bond acceptors (Lipinski definition) is 5. The molecule has 8 heteroatoms. The van der Waals surface area contributed by atoms with Crippen molar-refractivity contribution in [2.24, 2.45) is 12.8 Å². The molecule has 1 aliphatic heterocycles. The molecule has 1 aliphatic rings. The molecule has 1 unspecified atom stereocenters. The molecule has 35 heavy (non-hydrogen) atoms. The molecule has 0 bridgehead atoms. The predicted molar refractivity (Wildman–Crippen MR) is 140 cm³/mol. The number of aromatic nitrogens is 4. The maximum absolute atomic E-state index is 13.9. The molecule has 0 saturated carbocycles. The minimum atomic E-state index is -0.386. The maximum Gasteiger partial charge on any atom is 0.332 e. The molecular weight excluding hydrogens is 440 g/mol.